The second-order valence-corrected chi connectivity index (χ2v) is 2.87. The zero-order valence-electron chi connectivity index (χ0n) is 8.12. The van der Waals surface area contributed by atoms with Crippen LogP contribution in [0.1, 0.15) is 11.1 Å². The van der Waals surface area contributed by atoms with Crippen LogP contribution >= 0.6 is 0 Å². The summed E-state index contributed by atoms with van der Waals surface area (Å²) in [6, 6.07) is 2.57. The molecule has 0 aliphatic carbocycles. The fraction of sp³-hybridized carbons (Fsp3) is 0.273. The summed E-state index contributed by atoms with van der Waals surface area (Å²) < 4.78 is 25.8. The van der Waals surface area contributed by atoms with Gasteiger partial charge in [0.1, 0.15) is 0 Å². The smallest absolute Gasteiger partial charge is 0.162 e. The van der Waals surface area contributed by atoms with Gasteiger partial charge >= 0.3 is 0 Å². The number of halogens is 2. The van der Waals surface area contributed by atoms with Crippen molar-refractivity contribution in [2.24, 2.45) is 0 Å². The fourth-order valence-electron chi connectivity index (χ4n) is 1.02. The summed E-state index contributed by atoms with van der Waals surface area (Å²) in [6.07, 6.45) is 0. The van der Waals surface area contributed by atoms with Crippen molar-refractivity contribution in [2.45, 2.75) is 6.92 Å². The maximum absolute atomic E-state index is 13.0. The highest BCUT2D eigenvalue weighted by Crippen LogP contribution is 2.14. The van der Waals surface area contributed by atoms with Crippen molar-refractivity contribution < 1.29 is 8.78 Å². The van der Waals surface area contributed by atoms with Gasteiger partial charge in [-0.15, -0.1) is 0 Å². The molecule has 0 radical (unpaired) electrons. The van der Waals surface area contributed by atoms with Crippen LogP contribution in [-0.4, -0.2) is 13.6 Å². The highest BCUT2D eigenvalue weighted by Gasteiger charge is 2.07. The van der Waals surface area contributed by atoms with Crippen molar-refractivity contribution in [1.29, 1.82) is 0 Å². The van der Waals surface area contributed by atoms with Gasteiger partial charge in [0.15, 0.2) is 11.6 Å². The lowest BCUT2D eigenvalue weighted by Crippen LogP contribution is -2.04. The van der Waals surface area contributed by atoms with Crippen LogP contribution in [0, 0.1) is 30.4 Å². The Kier molecular flexibility index (Phi) is 3.61. The van der Waals surface area contributed by atoms with Crippen LogP contribution in [0.25, 0.3) is 0 Å². The maximum Gasteiger partial charge on any atom is 0.162 e. The molecule has 1 nitrogen and oxygen atoms in total. The molecule has 0 aliphatic rings. The minimum atomic E-state index is -0.832. The van der Waals surface area contributed by atoms with Gasteiger partial charge in [-0.1, -0.05) is 11.8 Å². The van der Waals surface area contributed by atoms with E-state index in [1.165, 1.54) is 13.0 Å². The van der Waals surface area contributed by atoms with Gasteiger partial charge in [-0.3, -0.25) is 0 Å². The largest absolute Gasteiger partial charge is 0.309 e. The Bertz CT molecular complexity index is 388. The molecule has 14 heavy (non-hydrogen) atoms. The number of nitrogens with one attached hydrogen (secondary N) is 1. The Morgan fingerprint density at radius 2 is 2.07 bits per heavy atom. The first-order chi connectivity index (χ1) is 6.66. The van der Waals surface area contributed by atoms with Crippen molar-refractivity contribution in [1.82, 2.24) is 5.32 Å². The molecule has 1 N–H and O–H groups in total. The predicted molar refractivity (Wildman–Crippen MR) is 51.9 cm³/mol. The van der Waals surface area contributed by atoms with Crippen LogP contribution in [0.2, 0.25) is 0 Å². The lowest BCUT2D eigenvalue weighted by Gasteiger charge is -2.00. The zero-order chi connectivity index (χ0) is 10.6. The second kappa shape index (κ2) is 4.73. The van der Waals surface area contributed by atoms with Crippen molar-refractivity contribution in [2.75, 3.05) is 13.6 Å². The quantitative estimate of drug-likeness (QED) is 0.674. The Labute approximate surface area is 82.1 Å². The maximum atomic E-state index is 13.0. The monoisotopic (exact) mass is 195 g/mol. The van der Waals surface area contributed by atoms with Crippen LogP contribution in [0.4, 0.5) is 8.78 Å². The molecule has 0 atom stereocenters. The average Bonchev–Trinajstić information content (AvgIpc) is 2.18. The first-order valence-electron chi connectivity index (χ1n) is 4.25. The molecule has 74 valence electrons. The van der Waals surface area contributed by atoms with Crippen LogP contribution in [0.3, 0.4) is 0 Å². The Morgan fingerprint density at radius 1 is 1.36 bits per heavy atom. The number of rotatable bonds is 1. The molecule has 3 heteroatoms. The van der Waals surface area contributed by atoms with Crippen molar-refractivity contribution in [3.05, 3.63) is 34.9 Å². The van der Waals surface area contributed by atoms with Gasteiger partial charge in [0, 0.05) is 11.1 Å². The third-order valence-electron chi connectivity index (χ3n) is 1.83. The van der Waals surface area contributed by atoms with E-state index in [-0.39, 0.29) is 5.56 Å². The third kappa shape index (κ3) is 2.30. The van der Waals surface area contributed by atoms with E-state index >= 15 is 0 Å². The summed E-state index contributed by atoms with van der Waals surface area (Å²) in [6.45, 7) is 2.04. The van der Waals surface area contributed by atoms with E-state index in [0.29, 0.717) is 12.1 Å². The molecule has 0 amide bonds. The first kappa shape index (κ1) is 10.7. The predicted octanol–water partition coefficient (Wildman–Crippen LogP) is 1.84. The number of hydrogen-bond acceptors (Lipinski definition) is 1. The zero-order valence-corrected chi connectivity index (χ0v) is 8.12. The van der Waals surface area contributed by atoms with Crippen molar-refractivity contribution >= 4 is 0 Å². The van der Waals surface area contributed by atoms with Gasteiger partial charge in [0.2, 0.25) is 0 Å². The molecule has 1 aromatic rings. The normalized spacial score (nSPS) is 9.43. The Hall–Kier alpha value is -1.40. The van der Waals surface area contributed by atoms with E-state index in [9.17, 15) is 8.78 Å². The molecular formula is C11H11F2N. The van der Waals surface area contributed by atoms with Gasteiger partial charge in [0.25, 0.3) is 0 Å². The minimum absolute atomic E-state index is 0.258. The second-order valence-electron chi connectivity index (χ2n) is 2.87. The van der Waals surface area contributed by atoms with E-state index in [0.717, 1.165) is 6.07 Å². The first-order valence-corrected chi connectivity index (χ1v) is 4.25. The van der Waals surface area contributed by atoms with Crippen LogP contribution in [-0.2, 0) is 0 Å². The molecule has 0 saturated heterocycles. The molecule has 0 aliphatic heterocycles. The van der Waals surface area contributed by atoms with Crippen molar-refractivity contribution in [3.63, 3.8) is 0 Å². The highest BCUT2D eigenvalue weighted by atomic mass is 19.2. The molecule has 0 heterocycles. The molecule has 0 aromatic heterocycles. The van der Waals surface area contributed by atoms with E-state index in [2.05, 4.69) is 17.2 Å². The number of benzene rings is 1. The summed E-state index contributed by atoms with van der Waals surface area (Å²) in [5.74, 6) is 3.90. The summed E-state index contributed by atoms with van der Waals surface area (Å²) in [4.78, 5) is 0. The van der Waals surface area contributed by atoms with E-state index in [1.807, 2.05) is 0 Å². The van der Waals surface area contributed by atoms with Crippen molar-refractivity contribution in [3.8, 4) is 11.8 Å². The number of hydrogen-bond donors (Lipinski definition) is 1. The van der Waals surface area contributed by atoms with Crippen LogP contribution in [0.5, 0.6) is 0 Å². The summed E-state index contributed by atoms with van der Waals surface area (Å²) >= 11 is 0. The van der Waals surface area contributed by atoms with E-state index in [4.69, 9.17) is 0 Å². The lowest BCUT2D eigenvalue weighted by atomic mass is 10.1. The molecule has 0 spiro atoms. The summed E-state index contributed by atoms with van der Waals surface area (Å²) in [5, 5.41) is 2.84. The van der Waals surface area contributed by atoms with E-state index < -0.39 is 11.6 Å². The van der Waals surface area contributed by atoms with Crippen LogP contribution < -0.4 is 5.32 Å². The lowest BCUT2D eigenvalue weighted by molar-refractivity contribution is 0.502. The Morgan fingerprint density at radius 3 is 2.71 bits per heavy atom. The third-order valence-corrected chi connectivity index (χ3v) is 1.83. The molecular weight excluding hydrogens is 184 g/mol. The van der Waals surface area contributed by atoms with Gasteiger partial charge in [-0.25, -0.2) is 8.78 Å². The SMILES string of the molecule is CNCC#Cc1ccc(F)c(F)c1C. The standard InChI is InChI=1S/C11H11F2N/c1-8-9(4-3-7-14-2)5-6-10(12)11(8)13/h5-6,14H,7H2,1-2H3. The van der Waals surface area contributed by atoms with Gasteiger partial charge in [-0.05, 0) is 26.1 Å². The molecule has 0 unspecified atom stereocenters. The fourth-order valence-corrected chi connectivity index (χ4v) is 1.02. The van der Waals surface area contributed by atoms with E-state index in [1.54, 1.807) is 7.05 Å². The Balaban J connectivity index is 3.02. The van der Waals surface area contributed by atoms with Gasteiger partial charge < -0.3 is 5.32 Å². The molecule has 0 saturated carbocycles. The molecule has 1 rings (SSSR count). The summed E-state index contributed by atoms with van der Waals surface area (Å²) in [7, 11) is 1.77. The molecule has 1 aromatic carbocycles. The average molecular weight is 195 g/mol. The van der Waals surface area contributed by atoms with Gasteiger partial charge in [-0.2, -0.15) is 0 Å². The summed E-state index contributed by atoms with van der Waals surface area (Å²) in [5.41, 5.74) is 0.785. The van der Waals surface area contributed by atoms with Crippen LogP contribution in [0.15, 0.2) is 12.1 Å². The molecule has 0 bridgehead atoms. The topological polar surface area (TPSA) is 12.0 Å². The minimum Gasteiger partial charge on any atom is -0.309 e. The highest BCUT2D eigenvalue weighted by molar-refractivity contribution is 5.41. The molecule has 0 fully saturated rings. The van der Waals surface area contributed by atoms with Gasteiger partial charge in [0.05, 0.1) is 6.54 Å².